The molecule has 0 aromatic carbocycles. The van der Waals surface area contributed by atoms with E-state index in [2.05, 4.69) is 5.32 Å². The van der Waals surface area contributed by atoms with Crippen LogP contribution in [0.5, 0.6) is 0 Å². The zero-order valence-corrected chi connectivity index (χ0v) is 9.64. The van der Waals surface area contributed by atoms with Crippen molar-refractivity contribution in [1.82, 2.24) is 10.6 Å². The Hall–Kier alpha value is -1.83. The predicted octanol–water partition coefficient (Wildman–Crippen LogP) is -1.76. The maximum absolute atomic E-state index is 11.3. The van der Waals surface area contributed by atoms with Crippen molar-refractivity contribution < 1.29 is 24.6 Å². The molecule has 2 atom stereocenters. The maximum Gasteiger partial charge on any atom is 0.328 e. The average molecular weight is 247 g/mol. The van der Waals surface area contributed by atoms with Gasteiger partial charge in [-0.2, -0.15) is 0 Å². The minimum absolute atomic E-state index is 0.226. The lowest BCUT2D eigenvalue weighted by molar-refractivity contribution is -0.140. The van der Waals surface area contributed by atoms with Gasteiger partial charge in [-0.1, -0.05) is 13.8 Å². The number of hydrogen-bond acceptors (Lipinski definition) is 4. The fraction of sp³-hybridized carbons (Fsp3) is 0.667. The van der Waals surface area contributed by atoms with Crippen LogP contribution in [-0.2, 0) is 9.59 Å². The predicted molar refractivity (Wildman–Crippen MR) is 58.0 cm³/mol. The van der Waals surface area contributed by atoms with E-state index in [9.17, 15) is 14.4 Å². The first-order chi connectivity index (χ1) is 7.79. The van der Waals surface area contributed by atoms with E-state index in [0.717, 1.165) is 0 Å². The highest BCUT2D eigenvalue weighted by Gasteiger charge is 2.24. The zero-order chi connectivity index (χ0) is 13.6. The second-order valence-electron chi connectivity index (χ2n) is 3.82. The molecule has 1 unspecified atom stereocenters. The number of rotatable bonds is 6. The van der Waals surface area contributed by atoms with Crippen molar-refractivity contribution in [3.05, 3.63) is 0 Å². The lowest BCUT2D eigenvalue weighted by atomic mass is 10.0. The fourth-order valence-corrected chi connectivity index (χ4v) is 1.09. The van der Waals surface area contributed by atoms with E-state index in [-0.39, 0.29) is 5.92 Å². The Morgan fingerprint density at radius 2 is 1.76 bits per heavy atom. The van der Waals surface area contributed by atoms with Gasteiger partial charge in [-0.25, -0.2) is 9.59 Å². The number of primary amides is 1. The molecule has 0 radical (unpaired) electrons. The number of hydrogen-bond donors (Lipinski definition) is 5. The number of nitrogens with two attached hydrogens (primary N) is 1. The Kier molecular flexibility index (Phi) is 5.97. The number of urea groups is 1. The van der Waals surface area contributed by atoms with E-state index in [1.807, 2.05) is 5.32 Å². The molecule has 0 spiro atoms. The van der Waals surface area contributed by atoms with Crippen molar-refractivity contribution in [2.45, 2.75) is 25.9 Å². The van der Waals surface area contributed by atoms with Crippen LogP contribution >= 0.6 is 0 Å². The first-order valence-electron chi connectivity index (χ1n) is 4.99. The summed E-state index contributed by atoms with van der Waals surface area (Å²) in [7, 11) is 0. The monoisotopic (exact) mass is 247 g/mol. The van der Waals surface area contributed by atoms with E-state index in [4.69, 9.17) is 15.9 Å². The highest BCUT2D eigenvalue weighted by atomic mass is 16.4. The van der Waals surface area contributed by atoms with Crippen molar-refractivity contribution in [1.29, 1.82) is 0 Å². The summed E-state index contributed by atoms with van der Waals surface area (Å²) in [4.78, 5) is 32.8. The molecule has 8 heteroatoms. The van der Waals surface area contributed by atoms with Crippen LogP contribution in [-0.4, -0.2) is 46.8 Å². The maximum atomic E-state index is 11.3. The summed E-state index contributed by atoms with van der Waals surface area (Å²) in [5, 5.41) is 21.5. The molecule has 0 rings (SSSR count). The number of carboxylic acids is 1. The molecule has 0 aliphatic heterocycles. The Labute approximate surface area is 98.2 Å². The zero-order valence-electron chi connectivity index (χ0n) is 9.64. The van der Waals surface area contributed by atoms with Crippen molar-refractivity contribution in [3.63, 3.8) is 0 Å². The molecular weight excluding hydrogens is 230 g/mol. The SMILES string of the molecule is CC(C)C(NC(=O)N[C@H](CO)C(=O)O)C(N)=O. The summed E-state index contributed by atoms with van der Waals surface area (Å²) >= 11 is 0. The third-order valence-electron chi connectivity index (χ3n) is 2.05. The minimum atomic E-state index is -1.42. The molecule has 0 saturated carbocycles. The van der Waals surface area contributed by atoms with Gasteiger partial charge in [-0.05, 0) is 5.92 Å². The second-order valence-corrected chi connectivity index (χ2v) is 3.82. The lowest BCUT2D eigenvalue weighted by Gasteiger charge is -2.20. The van der Waals surface area contributed by atoms with Crippen LogP contribution in [0.1, 0.15) is 13.8 Å². The summed E-state index contributed by atoms with van der Waals surface area (Å²) in [6.45, 7) is 2.61. The second kappa shape index (κ2) is 6.69. The third kappa shape index (κ3) is 5.16. The molecule has 0 heterocycles. The summed E-state index contributed by atoms with van der Waals surface area (Å²) in [5.41, 5.74) is 5.06. The van der Waals surface area contributed by atoms with E-state index >= 15 is 0 Å². The molecule has 6 N–H and O–H groups in total. The number of aliphatic hydroxyl groups is 1. The quantitative estimate of drug-likeness (QED) is 0.378. The molecule has 0 aliphatic carbocycles. The number of carboxylic acid groups (broad SMARTS) is 1. The number of carbonyl (C=O) groups is 3. The Morgan fingerprint density at radius 3 is 2.06 bits per heavy atom. The first-order valence-corrected chi connectivity index (χ1v) is 4.99. The van der Waals surface area contributed by atoms with E-state index in [1.54, 1.807) is 13.8 Å². The first kappa shape index (κ1) is 15.2. The van der Waals surface area contributed by atoms with Crippen LogP contribution in [0.4, 0.5) is 4.79 Å². The van der Waals surface area contributed by atoms with Gasteiger partial charge in [0.1, 0.15) is 6.04 Å². The molecule has 0 fully saturated rings. The van der Waals surface area contributed by atoms with Crippen LogP contribution in [0.3, 0.4) is 0 Å². The normalized spacial score (nSPS) is 13.9. The number of aliphatic hydroxyl groups excluding tert-OH is 1. The van der Waals surface area contributed by atoms with Crippen LogP contribution < -0.4 is 16.4 Å². The van der Waals surface area contributed by atoms with Gasteiger partial charge < -0.3 is 26.6 Å². The van der Waals surface area contributed by atoms with E-state index in [1.165, 1.54) is 0 Å². The summed E-state index contributed by atoms with van der Waals surface area (Å²) in [6.07, 6.45) is 0. The molecule has 0 bridgehead atoms. The van der Waals surface area contributed by atoms with E-state index in [0.29, 0.717) is 0 Å². The largest absolute Gasteiger partial charge is 0.480 e. The molecule has 0 aliphatic rings. The molecule has 0 aromatic rings. The van der Waals surface area contributed by atoms with Gasteiger partial charge in [0, 0.05) is 0 Å². The smallest absolute Gasteiger partial charge is 0.328 e. The lowest BCUT2D eigenvalue weighted by Crippen LogP contribution is -2.55. The molecule has 98 valence electrons. The van der Waals surface area contributed by atoms with Crippen molar-refractivity contribution in [2.75, 3.05) is 6.61 Å². The van der Waals surface area contributed by atoms with Gasteiger partial charge in [-0.3, -0.25) is 4.79 Å². The van der Waals surface area contributed by atoms with Crippen molar-refractivity contribution >= 4 is 17.9 Å². The van der Waals surface area contributed by atoms with Gasteiger partial charge in [0.2, 0.25) is 5.91 Å². The number of amides is 3. The highest BCUT2D eigenvalue weighted by Crippen LogP contribution is 2.00. The minimum Gasteiger partial charge on any atom is -0.480 e. The summed E-state index contributed by atoms with van der Waals surface area (Å²) in [5.74, 6) is -2.32. The Bertz CT molecular complexity index is 305. The van der Waals surface area contributed by atoms with Gasteiger partial charge in [0.05, 0.1) is 6.61 Å². The molecule has 3 amide bonds. The summed E-state index contributed by atoms with van der Waals surface area (Å²) in [6, 6.07) is -3.19. The average Bonchev–Trinajstić information content (AvgIpc) is 2.21. The van der Waals surface area contributed by atoms with Crippen LogP contribution in [0.25, 0.3) is 0 Å². The topological polar surface area (TPSA) is 142 Å². The van der Waals surface area contributed by atoms with Crippen molar-refractivity contribution in [2.24, 2.45) is 11.7 Å². The molecular formula is C9H17N3O5. The fourth-order valence-electron chi connectivity index (χ4n) is 1.09. The number of nitrogens with one attached hydrogen (secondary N) is 2. The Morgan fingerprint density at radius 1 is 1.24 bits per heavy atom. The van der Waals surface area contributed by atoms with Gasteiger partial charge >= 0.3 is 12.0 Å². The molecule has 0 saturated heterocycles. The van der Waals surface area contributed by atoms with Crippen LogP contribution in [0.15, 0.2) is 0 Å². The van der Waals surface area contributed by atoms with Crippen molar-refractivity contribution in [3.8, 4) is 0 Å². The summed E-state index contributed by atoms with van der Waals surface area (Å²) < 4.78 is 0. The Balaban J connectivity index is 4.42. The standard InChI is InChI=1S/C9H17N3O5/c1-4(2)6(7(10)14)12-9(17)11-5(3-13)8(15)16/h4-6,13H,3H2,1-2H3,(H2,10,14)(H,15,16)(H2,11,12,17)/t5-,6?/m1/s1. The van der Waals surface area contributed by atoms with Crippen LogP contribution in [0.2, 0.25) is 0 Å². The molecule has 17 heavy (non-hydrogen) atoms. The number of aliphatic carboxylic acids is 1. The molecule has 0 aromatic heterocycles. The van der Waals surface area contributed by atoms with Gasteiger partial charge in [0.25, 0.3) is 0 Å². The highest BCUT2D eigenvalue weighted by molar-refractivity contribution is 5.88. The van der Waals surface area contributed by atoms with Gasteiger partial charge in [-0.15, -0.1) is 0 Å². The van der Waals surface area contributed by atoms with E-state index < -0.39 is 36.6 Å². The third-order valence-corrected chi connectivity index (χ3v) is 2.05. The van der Waals surface area contributed by atoms with Crippen LogP contribution in [0, 0.1) is 5.92 Å². The van der Waals surface area contributed by atoms with Gasteiger partial charge in [0.15, 0.2) is 6.04 Å². The number of carbonyl (C=O) groups excluding carboxylic acids is 2. The molecule has 8 nitrogen and oxygen atoms in total.